The smallest absolute Gasteiger partial charge is 0.211 e. The maximum Gasteiger partial charge on any atom is 0.211 e. The Morgan fingerprint density at radius 2 is 1.79 bits per heavy atom. The van der Waals surface area contributed by atoms with Crippen LogP contribution in [0.1, 0.15) is 17.5 Å². The number of aliphatic hydroxyl groups is 2. The van der Waals surface area contributed by atoms with E-state index in [4.69, 9.17) is 0 Å². The van der Waals surface area contributed by atoms with Gasteiger partial charge in [-0.2, -0.15) is 0 Å². The number of benzene rings is 1. The molecule has 0 atom stereocenters. The molecule has 2 aliphatic carbocycles. The average molecular weight is 186 g/mol. The van der Waals surface area contributed by atoms with Gasteiger partial charge in [-0.3, -0.25) is 0 Å². The minimum absolute atomic E-state index is 0.676. The van der Waals surface area contributed by atoms with Crippen LogP contribution in [0, 0.1) is 0 Å². The lowest BCUT2D eigenvalue weighted by Gasteiger charge is -2.36. The van der Waals surface area contributed by atoms with Gasteiger partial charge in [0.25, 0.3) is 0 Å². The van der Waals surface area contributed by atoms with E-state index >= 15 is 0 Å². The monoisotopic (exact) mass is 186 g/mol. The maximum absolute atomic E-state index is 9.72. The minimum atomic E-state index is -1.76. The fourth-order valence-electron chi connectivity index (χ4n) is 2.26. The standard InChI is InChI=1S/C12H10O2/c13-12(14)7-3-6-10-8-4-1-2-5-9(8)11(10)12/h1-5,7,13-14H,6H2. The molecule has 1 aromatic carbocycles. The summed E-state index contributed by atoms with van der Waals surface area (Å²) in [4.78, 5) is 0. The van der Waals surface area contributed by atoms with E-state index in [1.165, 1.54) is 6.08 Å². The van der Waals surface area contributed by atoms with Crippen molar-refractivity contribution in [1.82, 2.24) is 0 Å². The first-order valence-electron chi connectivity index (χ1n) is 4.66. The van der Waals surface area contributed by atoms with Gasteiger partial charge in [0.1, 0.15) is 0 Å². The van der Waals surface area contributed by atoms with Gasteiger partial charge < -0.3 is 10.2 Å². The summed E-state index contributed by atoms with van der Waals surface area (Å²) in [6.45, 7) is 0. The first kappa shape index (κ1) is 7.97. The molecule has 0 spiro atoms. The van der Waals surface area contributed by atoms with E-state index in [9.17, 15) is 10.2 Å². The lowest BCUT2D eigenvalue weighted by Crippen LogP contribution is -2.33. The Balaban J connectivity index is 2.19. The molecule has 2 heteroatoms. The van der Waals surface area contributed by atoms with Gasteiger partial charge in [0, 0.05) is 5.57 Å². The van der Waals surface area contributed by atoms with Crippen LogP contribution in [0.15, 0.2) is 36.4 Å². The van der Waals surface area contributed by atoms with Crippen LogP contribution in [0.4, 0.5) is 0 Å². The van der Waals surface area contributed by atoms with Crippen molar-refractivity contribution in [3.8, 4) is 0 Å². The van der Waals surface area contributed by atoms with E-state index in [0.29, 0.717) is 5.57 Å². The highest BCUT2D eigenvalue weighted by Crippen LogP contribution is 2.49. The third-order valence-electron chi connectivity index (χ3n) is 2.86. The molecule has 70 valence electrons. The maximum atomic E-state index is 9.72. The number of fused-ring (bicyclic) bond motifs is 3. The fraction of sp³-hybridized carbons (Fsp3) is 0.167. The molecule has 0 aliphatic heterocycles. The zero-order valence-corrected chi connectivity index (χ0v) is 7.57. The van der Waals surface area contributed by atoms with Crippen LogP contribution in [0.3, 0.4) is 0 Å². The van der Waals surface area contributed by atoms with Crippen LogP contribution >= 0.6 is 0 Å². The molecular formula is C12H10O2. The van der Waals surface area contributed by atoms with Crippen LogP contribution in [-0.2, 0) is 0 Å². The van der Waals surface area contributed by atoms with Gasteiger partial charge in [0.15, 0.2) is 0 Å². The van der Waals surface area contributed by atoms with Crippen LogP contribution in [0.2, 0.25) is 0 Å². The lowest BCUT2D eigenvalue weighted by atomic mass is 9.73. The van der Waals surface area contributed by atoms with E-state index in [-0.39, 0.29) is 0 Å². The Morgan fingerprint density at radius 1 is 1.07 bits per heavy atom. The summed E-state index contributed by atoms with van der Waals surface area (Å²) in [5.74, 6) is -1.76. The van der Waals surface area contributed by atoms with Crippen molar-refractivity contribution in [2.24, 2.45) is 0 Å². The Labute approximate surface area is 81.8 Å². The molecule has 0 unspecified atom stereocenters. The number of rotatable bonds is 0. The highest BCUT2D eigenvalue weighted by Gasteiger charge is 2.39. The summed E-state index contributed by atoms with van der Waals surface area (Å²) in [6.07, 6.45) is 4.05. The Bertz CT molecular complexity index is 467. The quantitative estimate of drug-likeness (QED) is 0.476. The number of hydrogen-bond acceptors (Lipinski definition) is 2. The molecule has 0 fully saturated rings. The Morgan fingerprint density at radius 3 is 2.57 bits per heavy atom. The molecule has 0 saturated carbocycles. The molecule has 0 radical (unpaired) electrons. The average Bonchev–Trinajstić information content (AvgIpc) is 2.12. The summed E-state index contributed by atoms with van der Waals surface area (Å²) in [5.41, 5.74) is 3.86. The van der Waals surface area contributed by atoms with Gasteiger partial charge in [0.2, 0.25) is 5.79 Å². The van der Waals surface area contributed by atoms with E-state index < -0.39 is 5.79 Å². The molecule has 3 rings (SSSR count). The van der Waals surface area contributed by atoms with E-state index in [2.05, 4.69) is 0 Å². The van der Waals surface area contributed by atoms with Gasteiger partial charge >= 0.3 is 0 Å². The van der Waals surface area contributed by atoms with Crippen molar-refractivity contribution in [2.75, 3.05) is 0 Å². The molecular weight excluding hydrogens is 176 g/mol. The summed E-state index contributed by atoms with van der Waals surface area (Å²) in [6, 6.07) is 7.83. The van der Waals surface area contributed by atoms with Crippen LogP contribution in [0.5, 0.6) is 0 Å². The molecule has 0 saturated heterocycles. The SMILES string of the molecule is OC1(O)C=CCC2=C1c1ccccc12. The van der Waals surface area contributed by atoms with Gasteiger partial charge in [-0.15, -0.1) is 0 Å². The highest BCUT2D eigenvalue weighted by molar-refractivity contribution is 6.07. The molecule has 2 N–H and O–H groups in total. The van der Waals surface area contributed by atoms with Crippen molar-refractivity contribution < 1.29 is 10.2 Å². The summed E-state index contributed by atoms with van der Waals surface area (Å²) < 4.78 is 0. The second-order valence-corrected chi connectivity index (χ2v) is 3.73. The fourth-order valence-corrected chi connectivity index (χ4v) is 2.26. The molecule has 1 aromatic rings. The topological polar surface area (TPSA) is 40.5 Å². The van der Waals surface area contributed by atoms with Crippen molar-refractivity contribution >= 4 is 11.1 Å². The lowest BCUT2D eigenvalue weighted by molar-refractivity contribution is -0.0656. The zero-order valence-electron chi connectivity index (χ0n) is 7.57. The predicted octanol–water partition coefficient (Wildman–Crippen LogP) is 1.55. The molecule has 2 nitrogen and oxygen atoms in total. The van der Waals surface area contributed by atoms with Gasteiger partial charge in [0.05, 0.1) is 0 Å². The highest BCUT2D eigenvalue weighted by atomic mass is 16.5. The zero-order chi connectivity index (χ0) is 9.76. The van der Waals surface area contributed by atoms with Crippen LogP contribution < -0.4 is 0 Å². The van der Waals surface area contributed by atoms with Crippen molar-refractivity contribution in [2.45, 2.75) is 12.2 Å². The largest absolute Gasteiger partial charge is 0.359 e. The Hall–Kier alpha value is -1.38. The molecule has 14 heavy (non-hydrogen) atoms. The van der Waals surface area contributed by atoms with Crippen LogP contribution in [0.25, 0.3) is 11.1 Å². The number of hydrogen-bond donors (Lipinski definition) is 2. The third kappa shape index (κ3) is 0.820. The van der Waals surface area contributed by atoms with Gasteiger partial charge in [-0.1, -0.05) is 30.3 Å². The summed E-state index contributed by atoms with van der Waals surface area (Å²) >= 11 is 0. The predicted molar refractivity (Wildman–Crippen MR) is 54.2 cm³/mol. The summed E-state index contributed by atoms with van der Waals surface area (Å²) in [5, 5.41) is 19.4. The first-order chi connectivity index (χ1) is 6.70. The van der Waals surface area contributed by atoms with E-state index in [1.54, 1.807) is 6.08 Å². The normalized spacial score (nSPS) is 21.3. The van der Waals surface area contributed by atoms with Crippen molar-refractivity contribution in [3.63, 3.8) is 0 Å². The van der Waals surface area contributed by atoms with Gasteiger partial charge in [-0.05, 0) is 29.2 Å². The van der Waals surface area contributed by atoms with Crippen molar-refractivity contribution in [3.05, 3.63) is 47.5 Å². The second kappa shape index (κ2) is 2.35. The number of allylic oxidation sites excluding steroid dienone is 2. The third-order valence-corrected chi connectivity index (χ3v) is 2.86. The molecule has 2 aliphatic rings. The van der Waals surface area contributed by atoms with E-state index in [0.717, 1.165) is 23.1 Å². The first-order valence-corrected chi connectivity index (χ1v) is 4.66. The second-order valence-electron chi connectivity index (χ2n) is 3.73. The van der Waals surface area contributed by atoms with E-state index in [1.807, 2.05) is 24.3 Å². The molecule has 0 bridgehead atoms. The minimum Gasteiger partial charge on any atom is -0.359 e. The van der Waals surface area contributed by atoms with Crippen LogP contribution in [-0.4, -0.2) is 16.0 Å². The molecule has 0 aromatic heterocycles. The molecule has 0 heterocycles. The Kier molecular flexibility index (Phi) is 1.34. The summed E-state index contributed by atoms with van der Waals surface area (Å²) in [7, 11) is 0. The molecule has 0 amide bonds. The van der Waals surface area contributed by atoms with Gasteiger partial charge in [-0.25, -0.2) is 0 Å². The van der Waals surface area contributed by atoms with Crippen molar-refractivity contribution in [1.29, 1.82) is 0 Å².